The maximum atomic E-state index is 12.9. The van der Waals surface area contributed by atoms with Crippen LogP contribution >= 0.6 is 12.4 Å². The van der Waals surface area contributed by atoms with E-state index in [4.69, 9.17) is 5.73 Å². The number of rotatable bonds is 3. The highest BCUT2D eigenvalue weighted by atomic mass is 35.5. The van der Waals surface area contributed by atoms with Crippen LogP contribution in [0, 0.1) is 5.92 Å². The van der Waals surface area contributed by atoms with Crippen LogP contribution in [0.25, 0.3) is 0 Å². The van der Waals surface area contributed by atoms with E-state index in [2.05, 4.69) is 0 Å². The first-order valence-corrected chi connectivity index (χ1v) is 8.62. The molecule has 1 unspecified atom stereocenters. The van der Waals surface area contributed by atoms with Crippen LogP contribution in [0.4, 0.5) is 24.5 Å². The fourth-order valence-corrected chi connectivity index (χ4v) is 3.42. The quantitative estimate of drug-likeness (QED) is 0.750. The lowest BCUT2D eigenvalue weighted by atomic mass is 9.95. The summed E-state index contributed by atoms with van der Waals surface area (Å²) >= 11 is 0. The lowest BCUT2D eigenvalue weighted by molar-refractivity contribution is -0.137. The first-order valence-electron chi connectivity index (χ1n) is 8.62. The van der Waals surface area contributed by atoms with Crippen molar-refractivity contribution in [2.24, 2.45) is 5.92 Å². The third-order valence-electron chi connectivity index (χ3n) is 4.80. The Labute approximate surface area is 162 Å². The molecule has 2 N–H and O–H groups in total. The van der Waals surface area contributed by atoms with Crippen LogP contribution in [0.2, 0.25) is 0 Å². The van der Waals surface area contributed by atoms with Crippen molar-refractivity contribution in [1.82, 2.24) is 0 Å². The molecule has 0 fully saturated rings. The Bertz CT molecular complexity index is 806. The molecular weight excluding hydrogens is 377 g/mol. The van der Waals surface area contributed by atoms with Gasteiger partial charge in [-0.2, -0.15) is 13.2 Å². The van der Waals surface area contributed by atoms with Gasteiger partial charge < -0.3 is 10.6 Å². The number of carbonyl (C=O) groups is 1. The number of carbonyl (C=O) groups excluding carboxylic acids is 1. The Hall–Kier alpha value is -2.21. The zero-order valence-corrected chi connectivity index (χ0v) is 15.7. The fourth-order valence-electron chi connectivity index (χ4n) is 3.42. The smallest absolute Gasteiger partial charge is 0.398 e. The Morgan fingerprint density at radius 2 is 1.85 bits per heavy atom. The topological polar surface area (TPSA) is 46.3 Å². The van der Waals surface area contributed by atoms with E-state index in [1.807, 2.05) is 18.2 Å². The highest BCUT2D eigenvalue weighted by molar-refractivity contribution is 5.97. The van der Waals surface area contributed by atoms with Crippen molar-refractivity contribution < 1.29 is 18.0 Å². The molecule has 0 bridgehead atoms. The lowest BCUT2D eigenvalue weighted by Gasteiger charge is -2.32. The molecule has 7 heteroatoms. The molecule has 2 aromatic carbocycles. The van der Waals surface area contributed by atoms with Crippen molar-refractivity contribution in [3.05, 3.63) is 59.2 Å². The maximum absolute atomic E-state index is 12.9. The maximum Gasteiger partial charge on any atom is 0.416 e. The van der Waals surface area contributed by atoms with E-state index >= 15 is 0 Å². The van der Waals surface area contributed by atoms with Crippen LogP contribution in [0.15, 0.2) is 42.5 Å². The summed E-state index contributed by atoms with van der Waals surface area (Å²) in [7, 11) is 0. The number of nitrogens with two attached hydrogens (primary N) is 1. The van der Waals surface area contributed by atoms with Crippen LogP contribution in [-0.4, -0.2) is 12.5 Å². The number of hydrogen-bond donors (Lipinski definition) is 1. The molecule has 0 radical (unpaired) electrons. The monoisotopic (exact) mass is 398 g/mol. The van der Waals surface area contributed by atoms with Crippen LogP contribution in [0.1, 0.15) is 30.0 Å². The van der Waals surface area contributed by atoms with Crippen molar-refractivity contribution in [3.8, 4) is 0 Å². The summed E-state index contributed by atoms with van der Waals surface area (Å²) in [6.45, 7) is 2.44. The Morgan fingerprint density at radius 3 is 2.48 bits per heavy atom. The van der Waals surface area contributed by atoms with Gasteiger partial charge in [-0.15, -0.1) is 12.4 Å². The average Bonchev–Trinajstić information content (AvgIpc) is 2.61. The van der Waals surface area contributed by atoms with Gasteiger partial charge in [-0.3, -0.25) is 4.79 Å². The lowest BCUT2D eigenvalue weighted by Crippen LogP contribution is -2.39. The second-order valence-corrected chi connectivity index (χ2v) is 6.74. The number of benzene rings is 2. The minimum absolute atomic E-state index is 0. The molecule has 1 heterocycles. The molecule has 3 rings (SSSR count). The van der Waals surface area contributed by atoms with Gasteiger partial charge in [0, 0.05) is 23.8 Å². The van der Waals surface area contributed by atoms with E-state index in [1.165, 1.54) is 12.1 Å². The minimum Gasteiger partial charge on any atom is -0.398 e. The van der Waals surface area contributed by atoms with Gasteiger partial charge in [0.2, 0.25) is 5.91 Å². The third kappa shape index (κ3) is 4.56. The summed E-state index contributed by atoms with van der Waals surface area (Å²) in [6, 6.07) is 10.6. The van der Waals surface area contributed by atoms with E-state index in [0.29, 0.717) is 24.2 Å². The summed E-state index contributed by atoms with van der Waals surface area (Å²) in [5.74, 6) is -0.365. The molecule has 1 aliphatic heterocycles. The average molecular weight is 399 g/mol. The summed E-state index contributed by atoms with van der Waals surface area (Å²) in [5.41, 5.74) is 8.59. The second-order valence-electron chi connectivity index (χ2n) is 6.74. The van der Waals surface area contributed by atoms with E-state index in [1.54, 1.807) is 11.8 Å². The van der Waals surface area contributed by atoms with Gasteiger partial charge >= 0.3 is 6.18 Å². The summed E-state index contributed by atoms with van der Waals surface area (Å²) < 4.78 is 38.0. The predicted octanol–water partition coefficient (Wildman–Crippen LogP) is 4.87. The molecule has 0 saturated carbocycles. The van der Waals surface area contributed by atoms with Crippen molar-refractivity contribution in [3.63, 3.8) is 0 Å². The molecule has 1 aliphatic rings. The zero-order chi connectivity index (χ0) is 18.9. The molecule has 146 valence electrons. The molecule has 1 atom stereocenters. The number of halogens is 4. The van der Waals surface area contributed by atoms with Gasteiger partial charge in [-0.05, 0) is 54.7 Å². The number of nitrogens with zero attached hydrogens (tertiary/aromatic N) is 1. The molecule has 0 aliphatic carbocycles. The third-order valence-corrected chi connectivity index (χ3v) is 4.80. The van der Waals surface area contributed by atoms with Crippen molar-refractivity contribution in [1.29, 1.82) is 0 Å². The zero-order valence-electron chi connectivity index (χ0n) is 14.9. The summed E-state index contributed by atoms with van der Waals surface area (Å²) in [4.78, 5) is 14.7. The Balaban J connectivity index is 0.00000261. The SMILES string of the molecule is CC(Cc1ccc(C(F)(F)F)cc1)C(=O)N1CCCc2c(N)cccc21.Cl. The van der Waals surface area contributed by atoms with Gasteiger partial charge in [0.1, 0.15) is 0 Å². The van der Waals surface area contributed by atoms with E-state index < -0.39 is 11.7 Å². The second kappa shape index (κ2) is 8.21. The molecule has 1 amide bonds. The molecule has 0 spiro atoms. The van der Waals surface area contributed by atoms with E-state index in [0.717, 1.165) is 36.2 Å². The molecule has 0 aromatic heterocycles. The molecular formula is C20H22ClF3N2O. The van der Waals surface area contributed by atoms with Crippen molar-refractivity contribution in [2.45, 2.75) is 32.4 Å². The van der Waals surface area contributed by atoms with Gasteiger partial charge in [0.15, 0.2) is 0 Å². The van der Waals surface area contributed by atoms with Crippen LogP contribution in [0.5, 0.6) is 0 Å². The minimum atomic E-state index is -4.35. The highest BCUT2D eigenvalue weighted by Gasteiger charge is 2.30. The first kappa shape index (κ1) is 21.1. The van der Waals surface area contributed by atoms with Crippen molar-refractivity contribution in [2.75, 3.05) is 17.2 Å². The molecule has 2 aromatic rings. The van der Waals surface area contributed by atoms with Crippen molar-refractivity contribution >= 4 is 29.7 Å². The molecule has 27 heavy (non-hydrogen) atoms. The number of alkyl halides is 3. The summed E-state index contributed by atoms with van der Waals surface area (Å²) in [6.07, 6.45) is -2.26. The Kier molecular flexibility index (Phi) is 6.42. The van der Waals surface area contributed by atoms with Crippen LogP contribution in [-0.2, 0) is 23.8 Å². The summed E-state index contributed by atoms with van der Waals surface area (Å²) in [5, 5.41) is 0. The number of nitrogen functional groups attached to an aromatic ring is 1. The van der Waals surface area contributed by atoms with Gasteiger partial charge in [0.25, 0.3) is 0 Å². The predicted molar refractivity (Wildman–Crippen MR) is 103 cm³/mol. The van der Waals surface area contributed by atoms with Gasteiger partial charge in [-0.25, -0.2) is 0 Å². The van der Waals surface area contributed by atoms with Gasteiger partial charge in [0.05, 0.1) is 5.56 Å². The van der Waals surface area contributed by atoms with Crippen LogP contribution < -0.4 is 10.6 Å². The number of amides is 1. The largest absolute Gasteiger partial charge is 0.416 e. The molecule has 0 saturated heterocycles. The number of hydrogen-bond acceptors (Lipinski definition) is 2. The number of fused-ring (bicyclic) bond motifs is 1. The Morgan fingerprint density at radius 1 is 1.19 bits per heavy atom. The van der Waals surface area contributed by atoms with E-state index in [-0.39, 0.29) is 24.2 Å². The van der Waals surface area contributed by atoms with E-state index in [9.17, 15) is 18.0 Å². The molecule has 3 nitrogen and oxygen atoms in total. The highest BCUT2D eigenvalue weighted by Crippen LogP contribution is 2.33. The number of anilines is 2. The first-order chi connectivity index (χ1) is 12.3. The standard InChI is InChI=1S/C20H21F3N2O.ClH/c1-13(12-14-7-9-15(10-8-14)20(21,22)23)19(26)25-11-3-4-16-17(24)5-2-6-18(16)25;/h2,5-10,13H,3-4,11-12,24H2,1H3;1H. The fraction of sp³-hybridized carbons (Fsp3) is 0.350. The van der Waals surface area contributed by atoms with Gasteiger partial charge in [-0.1, -0.05) is 25.1 Å². The van der Waals surface area contributed by atoms with Crippen LogP contribution in [0.3, 0.4) is 0 Å². The normalized spacial score (nSPS) is 14.9.